The number of esters is 1. The fourth-order valence-corrected chi connectivity index (χ4v) is 2.91. The van der Waals surface area contributed by atoms with Crippen molar-refractivity contribution in [3.8, 4) is 0 Å². The molecule has 150 valence electrons. The van der Waals surface area contributed by atoms with Crippen LogP contribution in [0.1, 0.15) is 25.0 Å². The first-order valence-electron chi connectivity index (χ1n) is 9.26. The molecule has 0 aliphatic heterocycles. The van der Waals surface area contributed by atoms with E-state index in [1.165, 1.54) is 6.92 Å². The average Bonchev–Trinajstić information content (AvgIpc) is 3.08. The highest BCUT2D eigenvalue weighted by atomic mass is 16.5. The van der Waals surface area contributed by atoms with Crippen LogP contribution in [-0.4, -0.2) is 24.4 Å². The van der Waals surface area contributed by atoms with Crippen LogP contribution >= 0.6 is 0 Å². The van der Waals surface area contributed by atoms with Crippen LogP contribution < -0.4 is 10.6 Å². The number of aryl methyl sites for hydroxylation is 1. The topological polar surface area (TPSA) is 97.6 Å². The Bertz CT molecular complexity index is 1050. The van der Waals surface area contributed by atoms with Crippen LogP contribution in [0.5, 0.6) is 0 Å². The van der Waals surface area contributed by atoms with Crippen LogP contribution in [0.25, 0.3) is 11.0 Å². The van der Waals surface area contributed by atoms with Gasteiger partial charge in [0.15, 0.2) is 6.61 Å². The highest BCUT2D eigenvalue weighted by Crippen LogP contribution is 2.23. The van der Waals surface area contributed by atoms with E-state index in [2.05, 4.69) is 17.6 Å². The Morgan fingerprint density at radius 1 is 1.03 bits per heavy atom. The zero-order chi connectivity index (χ0) is 20.8. The Labute approximate surface area is 168 Å². The molecule has 7 heteroatoms. The third kappa shape index (κ3) is 5.44. The van der Waals surface area contributed by atoms with E-state index >= 15 is 0 Å². The van der Waals surface area contributed by atoms with E-state index < -0.39 is 18.5 Å². The fourth-order valence-electron chi connectivity index (χ4n) is 2.91. The number of anilines is 2. The summed E-state index contributed by atoms with van der Waals surface area (Å²) >= 11 is 0. The Morgan fingerprint density at radius 3 is 2.52 bits per heavy atom. The number of fused-ring (bicyclic) bond motifs is 1. The monoisotopic (exact) mass is 394 g/mol. The number of rotatable bonds is 7. The van der Waals surface area contributed by atoms with E-state index in [9.17, 15) is 14.4 Å². The summed E-state index contributed by atoms with van der Waals surface area (Å²) < 4.78 is 10.6. The summed E-state index contributed by atoms with van der Waals surface area (Å²) in [6.07, 6.45) is 2.46. The number of amides is 2. The number of nitrogens with one attached hydrogen (secondary N) is 2. The van der Waals surface area contributed by atoms with Crippen LogP contribution in [0.4, 0.5) is 11.4 Å². The van der Waals surface area contributed by atoms with Crippen LogP contribution in [0.2, 0.25) is 0 Å². The molecule has 7 nitrogen and oxygen atoms in total. The Hall–Kier alpha value is -3.61. The van der Waals surface area contributed by atoms with E-state index in [1.807, 2.05) is 18.2 Å². The molecule has 0 aliphatic carbocycles. The molecule has 0 atom stereocenters. The molecule has 0 fully saturated rings. The van der Waals surface area contributed by atoms with Gasteiger partial charge in [0.1, 0.15) is 5.58 Å². The van der Waals surface area contributed by atoms with E-state index in [-0.39, 0.29) is 12.3 Å². The Morgan fingerprint density at radius 2 is 1.79 bits per heavy atom. The standard InChI is InChI=1S/C22H22N2O5/c1-3-15-7-8-19-16(12-28-20(19)9-15)10-22(27)29-13-21(26)24-18-6-4-5-17(11-18)23-14(2)25/h4-9,11-12H,3,10,13H2,1-2H3,(H,23,25)(H,24,26). The molecule has 0 unspecified atom stereocenters. The summed E-state index contributed by atoms with van der Waals surface area (Å²) in [5.41, 5.74) is 3.65. The van der Waals surface area contributed by atoms with Crippen LogP contribution in [0, 0.1) is 0 Å². The Kier molecular flexibility index (Phi) is 6.29. The van der Waals surface area contributed by atoms with Crippen molar-refractivity contribution in [2.45, 2.75) is 26.7 Å². The average molecular weight is 394 g/mol. The molecule has 2 aromatic carbocycles. The SMILES string of the molecule is CCc1ccc2c(CC(=O)OCC(=O)Nc3cccc(NC(C)=O)c3)coc2c1. The van der Waals surface area contributed by atoms with Crippen LogP contribution in [-0.2, 0) is 32.0 Å². The lowest BCUT2D eigenvalue weighted by Gasteiger charge is -2.08. The largest absolute Gasteiger partial charge is 0.464 e. The molecule has 1 aromatic heterocycles. The van der Waals surface area contributed by atoms with Crippen LogP contribution in [0.3, 0.4) is 0 Å². The lowest BCUT2D eigenvalue weighted by atomic mass is 10.1. The summed E-state index contributed by atoms with van der Waals surface area (Å²) in [4.78, 5) is 35.3. The van der Waals surface area contributed by atoms with Gasteiger partial charge in [0.25, 0.3) is 5.91 Å². The van der Waals surface area contributed by atoms with Crippen molar-refractivity contribution in [2.75, 3.05) is 17.2 Å². The van der Waals surface area contributed by atoms with Gasteiger partial charge in [-0.25, -0.2) is 0 Å². The summed E-state index contributed by atoms with van der Waals surface area (Å²) in [6, 6.07) is 12.6. The second-order valence-corrected chi connectivity index (χ2v) is 6.59. The molecule has 2 amide bonds. The number of ether oxygens (including phenoxy) is 1. The molecular weight excluding hydrogens is 372 g/mol. The van der Waals surface area contributed by atoms with Gasteiger partial charge in [0.2, 0.25) is 5.91 Å². The highest BCUT2D eigenvalue weighted by molar-refractivity contribution is 5.95. The first kappa shape index (κ1) is 20.1. The molecule has 1 heterocycles. The maximum Gasteiger partial charge on any atom is 0.310 e. The molecule has 29 heavy (non-hydrogen) atoms. The normalized spacial score (nSPS) is 10.6. The fraction of sp³-hybridized carbons (Fsp3) is 0.227. The molecule has 3 aromatic rings. The summed E-state index contributed by atoms with van der Waals surface area (Å²) in [7, 11) is 0. The molecule has 2 N–H and O–H groups in total. The third-order valence-electron chi connectivity index (χ3n) is 4.29. The molecule has 3 rings (SSSR count). The van der Waals surface area contributed by atoms with Crippen molar-refractivity contribution >= 4 is 40.1 Å². The quantitative estimate of drug-likeness (QED) is 0.596. The molecule has 0 radical (unpaired) electrons. The van der Waals surface area contributed by atoms with E-state index in [0.29, 0.717) is 11.4 Å². The van der Waals surface area contributed by atoms with E-state index in [1.54, 1.807) is 30.5 Å². The molecule has 0 spiro atoms. The number of carbonyl (C=O) groups excluding carboxylic acids is 3. The highest BCUT2D eigenvalue weighted by Gasteiger charge is 2.13. The van der Waals surface area contributed by atoms with Gasteiger partial charge >= 0.3 is 5.97 Å². The smallest absolute Gasteiger partial charge is 0.310 e. The first-order chi connectivity index (χ1) is 13.9. The number of hydrogen-bond acceptors (Lipinski definition) is 5. The van der Waals surface area contributed by atoms with Gasteiger partial charge in [-0.05, 0) is 36.2 Å². The predicted molar refractivity (Wildman–Crippen MR) is 110 cm³/mol. The second-order valence-electron chi connectivity index (χ2n) is 6.59. The van der Waals surface area contributed by atoms with Gasteiger partial charge in [-0.3, -0.25) is 14.4 Å². The van der Waals surface area contributed by atoms with Gasteiger partial charge in [-0.15, -0.1) is 0 Å². The van der Waals surface area contributed by atoms with Crippen molar-refractivity contribution in [2.24, 2.45) is 0 Å². The maximum atomic E-state index is 12.1. The minimum absolute atomic E-state index is 0.0176. The van der Waals surface area contributed by atoms with Crippen molar-refractivity contribution in [1.29, 1.82) is 0 Å². The van der Waals surface area contributed by atoms with Crippen molar-refractivity contribution in [1.82, 2.24) is 0 Å². The minimum atomic E-state index is -0.519. The molecule has 0 saturated heterocycles. The van der Waals surface area contributed by atoms with E-state index in [0.717, 1.165) is 28.5 Å². The number of benzene rings is 2. The number of hydrogen-bond donors (Lipinski definition) is 2. The molecular formula is C22H22N2O5. The summed E-state index contributed by atoms with van der Waals surface area (Å²) in [5, 5.41) is 6.12. The summed E-state index contributed by atoms with van der Waals surface area (Å²) in [6.45, 7) is 3.05. The van der Waals surface area contributed by atoms with Gasteiger partial charge in [-0.2, -0.15) is 0 Å². The third-order valence-corrected chi connectivity index (χ3v) is 4.29. The van der Waals surface area contributed by atoms with Gasteiger partial charge in [0, 0.05) is 29.2 Å². The number of carbonyl (C=O) groups is 3. The summed E-state index contributed by atoms with van der Waals surface area (Å²) in [5.74, 6) is -1.20. The van der Waals surface area contributed by atoms with Crippen LogP contribution in [0.15, 0.2) is 53.1 Å². The van der Waals surface area contributed by atoms with Crippen molar-refractivity contribution in [3.63, 3.8) is 0 Å². The van der Waals surface area contributed by atoms with Crippen molar-refractivity contribution < 1.29 is 23.5 Å². The molecule has 0 saturated carbocycles. The lowest BCUT2D eigenvalue weighted by Crippen LogP contribution is -2.21. The zero-order valence-corrected chi connectivity index (χ0v) is 16.3. The first-order valence-corrected chi connectivity index (χ1v) is 9.26. The lowest BCUT2D eigenvalue weighted by molar-refractivity contribution is -0.146. The predicted octanol–water partition coefficient (Wildman–Crippen LogP) is 3.68. The zero-order valence-electron chi connectivity index (χ0n) is 16.3. The van der Waals surface area contributed by atoms with E-state index in [4.69, 9.17) is 9.15 Å². The van der Waals surface area contributed by atoms with Crippen molar-refractivity contribution in [3.05, 3.63) is 59.9 Å². The number of furan rings is 1. The Balaban J connectivity index is 1.53. The maximum absolute atomic E-state index is 12.1. The minimum Gasteiger partial charge on any atom is -0.464 e. The molecule has 0 aliphatic rings. The molecule has 0 bridgehead atoms. The van der Waals surface area contributed by atoms with Gasteiger partial charge < -0.3 is 19.8 Å². The van der Waals surface area contributed by atoms with Gasteiger partial charge in [0.05, 0.1) is 12.7 Å². The second kappa shape index (κ2) is 9.05. The van der Waals surface area contributed by atoms with Gasteiger partial charge in [-0.1, -0.05) is 25.1 Å².